The molecular formula is C23H24N4O4S. The van der Waals surface area contributed by atoms with Gasteiger partial charge in [-0.2, -0.15) is 9.41 Å². The molecule has 1 aromatic heterocycles. The van der Waals surface area contributed by atoms with Gasteiger partial charge in [0.15, 0.2) is 0 Å². The molecule has 3 rings (SSSR count). The summed E-state index contributed by atoms with van der Waals surface area (Å²) >= 11 is 0. The quantitative estimate of drug-likeness (QED) is 0.397. The molecule has 0 spiro atoms. The third kappa shape index (κ3) is 5.99. The normalized spacial score (nSPS) is 11.6. The monoisotopic (exact) mass is 452 g/mol. The highest BCUT2D eigenvalue weighted by Gasteiger charge is 2.30. The van der Waals surface area contributed by atoms with E-state index in [1.807, 2.05) is 18.2 Å². The third-order valence-corrected chi connectivity index (χ3v) is 6.36. The summed E-state index contributed by atoms with van der Waals surface area (Å²) in [5.41, 5.74) is 4.58. The molecule has 0 aliphatic rings. The van der Waals surface area contributed by atoms with Gasteiger partial charge in [0.05, 0.1) is 19.9 Å². The molecule has 0 saturated carbocycles. The van der Waals surface area contributed by atoms with Gasteiger partial charge in [-0.1, -0.05) is 42.5 Å². The van der Waals surface area contributed by atoms with Crippen molar-refractivity contribution >= 4 is 22.1 Å². The van der Waals surface area contributed by atoms with Crippen LogP contribution in [0.5, 0.6) is 5.75 Å². The predicted octanol–water partition coefficient (Wildman–Crippen LogP) is 2.74. The summed E-state index contributed by atoms with van der Waals surface area (Å²) in [4.78, 5) is 16.5. The zero-order chi connectivity index (χ0) is 23.0. The van der Waals surface area contributed by atoms with E-state index >= 15 is 0 Å². The first kappa shape index (κ1) is 23.1. The van der Waals surface area contributed by atoms with Crippen LogP contribution in [0, 0.1) is 6.92 Å². The van der Waals surface area contributed by atoms with E-state index in [2.05, 4.69) is 15.5 Å². The topological polar surface area (TPSA) is 101 Å². The average Bonchev–Trinajstić information content (AvgIpc) is 2.80. The molecule has 32 heavy (non-hydrogen) atoms. The molecule has 8 nitrogen and oxygen atoms in total. The Morgan fingerprint density at radius 1 is 1.16 bits per heavy atom. The van der Waals surface area contributed by atoms with Crippen molar-refractivity contribution in [2.24, 2.45) is 5.10 Å². The Morgan fingerprint density at radius 3 is 2.62 bits per heavy atom. The highest BCUT2D eigenvalue weighted by atomic mass is 32.2. The highest BCUT2D eigenvalue weighted by molar-refractivity contribution is 7.89. The standard InChI is InChI=1S/C23H24N4O4S/c1-18-10-11-21(31-2)22(13-18)32(29,30)27(16-19-7-4-3-5-8-19)17-23(28)26-25-15-20-9-6-12-24-14-20/h3-15H,16-17H2,1-2H3,(H,26,28). The van der Waals surface area contributed by atoms with E-state index in [-0.39, 0.29) is 17.2 Å². The van der Waals surface area contributed by atoms with Gasteiger partial charge in [-0.25, -0.2) is 13.8 Å². The number of hydrazone groups is 1. The number of hydrogen-bond acceptors (Lipinski definition) is 6. The second-order valence-corrected chi connectivity index (χ2v) is 8.90. The molecule has 0 unspecified atom stereocenters. The summed E-state index contributed by atoms with van der Waals surface area (Å²) in [5.74, 6) is -0.361. The van der Waals surface area contributed by atoms with E-state index < -0.39 is 22.5 Å². The fourth-order valence-corrected chi connectivity index (χ4v) is 4.59. The number of nitrogens with one attached hydrogen (secondary N) is 1. The van der Waals surface area contributed by atoms with Crippen LogP contribution in [0.3, 0.4) is 0 Å². The average molecular weight is 453 g/mol. The van der Waals surface area contributed by atoms with Crippen LogP contribution in [0.2, 0.25) is 0 Å². The van der Waals surface area contributed by atoms with Gasteiger partial charge in [0, 0.05) is 24.5 Å². The van der Waals surface area contributed by atoms with Crippen LogP contribution in [0.4, 0.5) is 0 Å². The SMILES string of the molecule is COc1ccc(C)cc1S(=O)(=O)N(CC(=O)NN=Cc1cccnc1)Cc1ccccc1. The number of aryl methyl sites for hydroxylation is 1. The van der Waals surface area contributed by atoms with Crippen LogP contribution < -0.4 is 10.2 Å². The number of carbonyl (C=O) groups excluding carboxylic acids is 1. The number of nitrogens with zero attached hydrogens (tertiary/aromatic N) is 3. The van der Waals surface area contributed by atoms with Gasteiger partial charge in [0.25, 0.3) is 5.91 Å². The first-order valence-electron chi connectivity index (χ1n) is 9.81. The van der Waals surface area contributed by atoms with Crippen molar-refractivity contribution < 1.29 is 17.9 Å². The number of aromatic nitrogens is 1. The van der Waals surface area contributed by atoms with Crippen molar-refractivity contribution in [3.05, 3.63) is 89.7 Å². The van der Waals surface area contributed by atoms with Gasteiger partial charge in [-0.05, 0) is 36.2 Å². The van der Waals surface area contributed by atoms with Crippen LogP contribution in [0.15, 0.2) is 83.1 Å². The van der Waals surface area contributed by atoms with E-state index in [4.69, 9.17) is 4.74 Å². The van der Waals surface area contributed by atoms with Crippen LogP contribution in [0.25, 0.3) is 0 Å². The largest absolute Gasteiger partial charge is 0.495 e. The molecule has 0 aliphatic heterocycles. The molecule has 0 aliphatic carbocycles. The maximum Gasteiger partial charge on any atom is 0.255 e. The van der Waals surface area contributed by atoms with Gasteiger partial charge in [0.2, 0.25) is 10.0 Å². The van der Waals surface area contributed by atoms with Crippen LogP contribution in [0.1, 0.15) is 16.7 Å². The summed E-state index contributed by atoms with van der Waals surface area (Å²) in [5, 5.41) is 3.89. The molecule has 2 aromatic carbocycles. The second-order valence-electron chi connectivity index (χ2n) is 6.99. The summed E-state index contributed by atoms with van der Waals surface area (Å²) in [7, 11) is -2.64. The first-order valence-corrected chi connectivity index (χ1v) is 11.2. The van der Waals surface area contributed by atoms with Crippen LogP contribution in [-0.2, 0) is 21.4 Å². The Labute approximate surface area is 187 Å². The maximum absolute atomic E-state index is 13.5. The number of sulfonamides is 1. The minimum absolute atomic E-state index is 0.00240. The van der Waals surface area contributed by atoms with Crippen molar-refractivity contribution in [2.45, 2.75) is 18.4 Å². The van der Waals surface area contributed by atoms with E-state index in [0.29, 0.717) is 5.56 Å². The molecule has 3 aromatic rings. The highest BCUT2D eigenvalue weighted by Crippen LogP contribution is 2.28. The molecule has 1 amide bonds. The molecular weight excluding hydrogens is 428 g/mol. The lowest BCUT2D eigenvalue weighted by Crippen LogP contribution is -2.39. The van der Waals surface area contributed by atoms with Crippen molar-refractivity contribution in [1.29, 1.82) is 0 Å². The number of pyridine rings is 1. The Hall–Kier alpha value is -3.56. The lowest BCUT2D eigenvalue weighted by atomic mass is 10.2. The molecule has 1 heterocycles. The zero-order valence-corrected chi connectivity index (χ0v) is 18.6. The maximum atomic E-state index is 13.5. The Bertz CT molecular complexity index is 1180. The van der Waals surface area contributed by atoms with E-state index in [1.54, 1.807) is 55.7 Å². The van der Waals surface area contributed by atoms with E-state index in [1.165, 1.54) is 19.4 Å². The molecule has 0 bridgehead atoms. The molecule has 0 radical (unpaired) electrons. The van der Waals surface area contributed by atoms with Gasteiger partial charge in [-0.3, -0.25) is 9.78 Å². The first-order chi connectivity index (χ1) is 15.4. The van der Waals surface area contributed by atoms with E-state index in [0.717, 1.165) is 15.4 Å². The van der Waals surface area contributed by atoms with Crippen LogP contribution >= 0.6 is 0 Å². The van der Waals surface area contributed by atoms with Gasteiger partial charge < -0.3 is 4.74 Å². The minimum atomic E-state index is -4.05. The number of ether oxygens (including phenoxy) is 1. The predicted molar refractivity (Wildman–Crippen MR) is 122 cm³/mol. The summed E-state index contributed by atoms with van der Waals surface area (Å²) < 4.78 is 33.4. The fourth-order valence-electron chi connectivity index (χ4n) is 2.96. The third-order valence-electron chi connectivity index (χ3n) is 4.55. The summed E-state index contributed by atoms with van der Waals surface area (Å²) in [6.45, 7) is 1.39. The van der Waals surface area contributed by atoms with Gasteiger partial charge in [0.1, 0.15) is 10.6 Å². The van der Waals surface area contributed by atoms with Crippen molar-refractivity contribution in [3.8, 4) is 5.75 Å². The molecule has 0 fully saturated rings. The minimum Gasteiger partial charge on any atom is -0.495 e. The van der Waals surface area contributed by atoms with Crippen molar-refractivity contribution in [3.63, 3.8) is 0 Å². The van der Waals surface area contributed by atoms with Gasteiger partial charge in [-0.15, -0.1) is 0 Å². The molecule has 9 heteroatoms. The molecule has 1 N–H and O–H groups in total. The molecule has 0 atom stereocenters. The second kappa shape index (κ2) is 10.7. The van der Waals surface area contributed by atoms with Crippen molar-refractivity contribution in [2.75, 3.05) is 13.7 Å². The number of amides is 1. The number of benzene rings is 2. The van der Waals surface area contributed by atoms with Crippen molar-refractivity contribution in [1.82, 2.24) is 14.7 Å². The van der Waals surface area contributed by atoms with Crippen LogP contribution in [-0.4, -0.2) is 43.5 Å². The summed E-state index contributed by atoms with van der Waals surface area (Å²) in [6, 6.07) is 17.5. The van der Waals surface area contributed by atoms with E-state index in [9.17, 15) is 13.2 Å². The Kier molecular flexibility index (Phi) is 7.69. The summed E-state index contributed by atoms with van der Waals surface area (Å²) in [6.07, 6.45) is 4.65. The van der Waals surface area contributed by atoms with Gasteiger partial charge >= 0.3 is 0 Å². The lowest BCUT2D eigenvalue weighted by Gasteiger charge is -2.23. The molecule has 166 valence electrons. The zero-order valence-electron chi connectivity index (χ0n) is 17.8. The Morgan fingerprint density at radius 2 is 1.94 bits per heavy atom. The smallest absolute Gasteiger partial charge is 0.255 e. The number of hydrogen-bond donors (Lipinski definition) is 1. The fraction of sp³-hybridized carbons (Fsp3) is 0.174. The molecule has 0 saturated heterocycles. The number of methoxy groups -OCH3 is 1. The lowest BCUT2D eigenvalue weighted by molar-refractivity contribution is -0.121. The number of carbonyl (C=O) groups is 1. The number of rotatable bonds is 9. The Balaban J connectivity index is 1.86.